The predicted octanol–water partition coefficient (Wildman–Crippen LogP) is 2.91. The first-order valence-electron chi connectivity index (χ1n) is 7.36. The molecular weight excluding hydrogens is 252 g/mol. The number of aromatic nitrogens is 3. The Labute approximate surface area is 119 Å². The molecule has 0 aromatic carbocycles. The average Bonchev–Trinajstić information content (AvgIpc) is 3.07. The number of nitrogens with zero attached hydrogens (tertiary/aromatic N) is 3. The third-order valence-electron chi connectivity index (χ3n) is 4.29. The van der Waals surface area contributed by atoms with Gasteiger partial charge in [-0.05, 0) is 40.2 Å². The monoisotopic (exact) mass is 274 g/mol. The summed E-state index contributed by atoms with van der Waals surface area (Å²) in [6.45, 7) is 7.25. The molecule has 0 radical (unpaired) electrons. The zero-order chi connectivity index (χ0) is 14.1. The molecule has 1 aliphatic heterocycles. The number of hydrogen-bond acceptors (Lipinski definition) is 4. The highest BCUT2D eigenvalue weighted by molar-refractivity contribution is 5.26. The van der Waals surface area contributed by atoms with E-state index in [-0.39, 0.29) is 6.04 Å². The van der Waals surface area contributed by atoms with Crippen molar-refractivity contribution in [1.29, 1.82) is 0 Å². The van der Waals surface area contributed by atoms with Crippen LogP contribution in [0, 0.1) is 13.8 Å². The average molecular weight is 274 g/mol. The van der Waals surface area contributed by atoms with Crippen LogP contribution in [0.15, 0.2) is 17.0 Å². The summed E-state index contributed by atoms with van der Waals surface area (Å²) in [5, 5.41) is 7.66. The van der Waals surface area contributed by atoms with Crippen molar-refractivity contribution in [1.82, 2.24) is 20.0 Å². The number of imidazole rings is 1. The normalized spacial score (nSPS) is 21.1. The minimum absolute atomic E-state index is 0.197. The van der Waals surface area contributed by atoms with Gasteiger partial charge in [0.05, 0.1) is 23.8 Å². The van der Waals surface area contributed by atoms with E-state index in [0.29, 0.717) is 6.04 Å². The van der Waals surface area contributed by atoms with Gasteiger partial charge >= 0.3 is 0 Å². The summed E-state index contributed by atoms with van der Waals surface area (Å²) in [6, 6.07) is 0.608. The van der Waals surface area contributed by atoms with Crippen LogP contribution in [-0.2, 0) is 0 Å². The highest BCUT2D eigenvalue weighted by Gasteiger charge is 2.24. The second kappa shape index (κ2) is 5.40. The van der Waals surface area contributed by atoms with Crippen molar-refractivity contribution in [2.45, 2.75) is 52.1 Å². The van der Waals surface area contributed by atoms with E-state index < -0.39 is 0 Å². The van der Waals surface area contributed by atoms with E-state index in [1.807, 2.05) is 26.4 Å². The van der Waals surface area contributed by atoms with E-state index in [1.165, 1.54) is 30.5 Å². The lowest BCUT2D eigenvalue weighted by Gasteiger charge is -2.26. The lowest BCUT2D eigenvalue weighted by molar-refractivity contribution is 0.383. The molecule has 0 bridgehead atoms. The first kappa shape index (κ1) is 13.4. The van der Waals surface area contributed by atoms with Gasteiger partial charge in [-0.2, -0.15) is 0 Å². The zero-order valence-electron chi connectivity index (χ0n) is 12.4. The molecule has 0 saturated carbocycles. The Balaban J connectivity index is 1.92. The summed E-state index contributed by atoms with van der Waals surface area (Å²) in [6.07, 6.45) is 7.63. The van der Waals surface area contributed by atoms with Gasteiger partial charge in [0.2, 0.25) is 0 Å². The maximum atomic E-state index is 5.30. The largest absolute Gasteiger partial charge is 0.361 e. The van der Waals surface area contributed by atoms with E-state index >= 15 is 0 Å². The first-order valence-corrected chi connectivity index (χ1v) is 7.36. The Bertz CT molecular complexity index is 561. The Hall–Kier alpha value is -1.62. The van der Waals surface area contributed by atoms with Gasteiger partial charge in [-0.3, -0.25) is 0 Å². The van der Waals surface area contributed by atoms with Gasteiger partial charge in [-0.25, -0.2) is 4.98 Å². The summed E-state index contributed by atoms with van der Waals surface area (Å²) in [4.78, 5) is 4.36. The second-order valence-electron chi connectivity index (χ2n) is 5.64. The van der Waals surface area contributed by atoms with Gasteiger partial charge in [0.25, 0.3) is 0 Å². The lowest BCUT2D eigenvalue weighted by atomic mass is 10.0. The van der Waals surface area contributed by atoms with Crippen LogP contribution in [0.5, 0.6) is 0 Å². The van der Waals surface area contributed by atoms with E-state index in [4.69, 9.17) is 4.52 Å². The number of aryl methyl sites for hydroxylation is 2. The minimum atomic E-state index is 0.197. The van der Waals surface area contributed by atoms with Gasteiger partial charge < -0.3 is 14.4 Å². The summed E-state index contributed by atoms with van der Waals surface area (Å²) in [7, 11) is 0. The van der Waals surface area contributed by atoms with Crippen LogP contribution < -0.4 is 5.32 Å². The Morgan fingerprint density at radius 3 is 2.90 bits per heavy atom. The van der Waals surface area contributed by atoms with Crippen LogP contribution in [0.3, 0.4) is 0 Å². The van der Waals surface area contributed by atoms with E-state index in [1.54, 1.807) is 0 Å². The standard InChI is InChI=1S/C15H22N4O/c1-10-15(12(3)20-18-10)11(2)19-9-16-8-14(19)13-6-4-5-7-17-13/h8-9,11,13,17H,4-7H2,1-3H3. The molecule has 3 heterocycles. The molecule has 0 amide bonds. The fraction of sp³-hybridized carbons (Fsp3) is 0.600. The molecule has 0 aliphatic carbocycles. The molecule has 1 N–H and O–H groups in total. The first-order chi connectivity index (χ1) is 9.68. The lowest BCUT2D eigenvalue weighted by Crippen LogP contribution is -2.29. The van der Waals surface area contributed by atoms with Gasteiger partial charge in [0.1, 0.15) is 5.76 Å². The summed E-state index contributed by atoms with van der Waals surface area (Å²) < 4.78 is 7.55. The molecule has 2 unspecified atom stereocenters. The van der Waals surface area contributed by atoms with Crippen molar-refractivity contribution >= 4 is 0 Å². The molecule has 1 aliphatic rings. The molecule has 108 valence electrons. The molecule has 5 heteroatoms. The molecule has 1 fully saturated rings. The highest BCUT2D eigenvalue weighted by atomic mass is 16.5. The SMILES string of the molecule is Cc1noc(C)c1C(C)n1cncc1C1CCCCN1. The summed E-state index contributed by atoms with van der Waals surface area (Å²) in [5.74, 6) is 0.895. The maximum absolute atomic E-state index is 5.30. The number of rotatable bonds is 3. The van der Waals surface area contributed by atoms with Crippen molar-refractivity contribution in [3.8, 4) is 0 Å². The fourth-order valence-electron chi connectivity index (χ4n) is 3.24. The van der Waals surface area contributed by atoms with Crippen LogP contribution in [0.4, 0.5) is 0 Å². The number of hydrogen-bond donors (Lipinski definition) is 1. The highest BCUT2D eigenvalue weighted by Crippen LogP contribution is 2.30. The Morgan fingerprint density at radius 2 is 2.25 bits per heavy atom. The molecular formula is C15H22N4O. The summed E-state index contributed by atoms with van der Waals surface area (Å²) >= 11 is 0. The van der Waals surface area contributed by atoms with Crippen molar-refractivity contribution in [3.05, 3.63) is 35.2 Å². The molecule has 2 aromatic rings. The van der Waals surface area contributed by atoms with Crippen LogP contribution in [0.1, 0.15) is 61.0 Å². The molecule has 5 nitrogen and oxygen atoms in total. The molecule has 3 rings (SSSR count). The molecule has 2 atom stereocenters. The second-order valence-corrected chi connectivity index (χ2v) is 5.64. The third-order valence-corrected chi connectivity index (χ3v) is 4.29. The fourth-order valence-corrected chi connectivity index (χ4v) is 3.24. The van der Waals surface area contributed by atoms with Gasteiger partial charge in [0, 0.05) is 17.8 Å². The van der Waals surface area contributed by atoms with Crippen molar-refractivity contribution < 1.29 is 4.52 Å². The van der Waals surface area contributed by atoms with Crippen LogP contribution in [0.2, 0.25) is 0 Å². The molecule has 1 saturated heterocycles. The van der Waals surface area contributed by atoms with Crippen molar-refractivity contribution in [2.24, 2.45) is 0 Å². The number of piperidine rings is 1. The minimum Gasteiger partial charge on any atom is -0.361 e. The van der Waals surface area contributed by atoms with Crippen molar-refractivity contribution in [2.75, 3.05) is 6.54 Å². The van der Waals surface area contributed by atoms with E-state index in [0.717, 1.165) is 18.0 Å². The topological polar surface area (TPSA) is 55.9 Å². The summed E-state index contributed by atoms with van der Waals surface area (Å²) in [5.41, 5.74) is 3.39. The van der Waals surface area contributed by atoms with Gasteiger partial charge in [-0.15, -0.1) is 0 Å². The van der Waals surface area contributed by atoms with Crippen molar-refractivity contribution in [3.63, 3.8) is 0 Å². The number of nitrogens with one attached hydrogen (secondary N) is 1. The van der Waals surface area contributed by atoms with E-state index in [2.05, 4.69) is 26.9 Å². The third kappa shape index (κ3) is 2.26. The van der Waals surface area contributed by atoms with Gasteiger partial charge in [0.15, 0.2) is 0 Å². The molecule has 20 heavy (non-hydrogen) atoms. The van der Waals surface area contributed by atoms with Crippen LogP contribution >= 0.6 is 0 Å². The molecule has 0 spiro atoms. The smallest absolute Gasteiger partial charge is 0.139 e. The maximum Gasteiger partial charge on any atom is 0.139 e. The zero-order valence-corrected chi connectivity index (χ0v) is 12.4. The quantitative estimate of drug-likeness (QED) is 0.935. The predicted molar refractivity (Wildman–Crippen MR) is 76.6 cm³/mol. The van der Waals surface area contributed by atoms with Crippen LogP contribution in [0.25, 0.3) is 0 Å². The van der Waals surface area contributed by atoms with Gasteiger partial charge in [-0.1, -0.05) is 11.6 Å². The van der Waals surface area contributed by atoms with E-state index in [9.17, 15) is 0 Å². The van der Waals surface area contributed by atoms with Crippen LogP contribution in [-0.4, -0.2) is 21.3 Å². The Morgan fingerprint density at radius 1 is 1.40 bits per heavy atom. The molecule has 2 aromatic heterocycles. The Kier molecular flexibility index (Phi) is 3.61.